The van der Waals surface area contributed by atoms with Gasteiger partial charge in [-0.05, 0) is 52.2 Å². The molecule has 1 aliphatic carbocycles. The van der Waals surface area contributed by atoms with Crippen molar-refractivity contribution in [2.75, 3.05) is 5.32 Å². The van der Waals surface area contributed by atoms with Gasteiger partial charge in [-0.2, -0.15) is 0 Å². The molecule has 0 spiro atoms. The normalized spacial score (nSPS) is 14.6. The van der Waals surface area contributed by atoms with Crippen LogP contribution in [0.2, 0.25) is 0 Å². The second kappa shape index (κ2) is 9.80. The Kier molecular flexibility index (Phi) is 6.65. The van der Waals surface area contributed by atoms with Crippen molar-refractivity contribution in [3.63, 3.8) is 0 Å². The number of anilines is 1. The average Bonchev–Trinajstić information content (AvgIpc) is 3.72. The van der Waals surface area contributed by atoms with Gasteiger partial charge in [0.05, 0.1) is 34.9 Å². The predicted octanol–water partition coefficient (Wildman–Crippen LogP) is 2.76. The topological polar surface area (TPSA) is 172 Å². The van der Waals surface area contributed by atoms with E-state index in [-0.39, 0.29) is 28.9 Å². The van der Waals surface area contributed by atoms with Gasteiger partial charge in [-0.3, -0.25) is 14.3 Å². The van der Waals surface area contributed by atoms with E-state index in [9.17, 15) is 13.2 Å². The van der Waals surface area contributed by atoms with Crippen LogP contribution in [-0.2, 0) is 16.6 Å². The Morgan fingerprint density at radius 3 is 2.50 bits per heavy atom. The zero-order valence-electron chi connectivity index (χ0n) is 21.6. The van der Waals surface area contributed by atoms with Crippen molar-refractivity contribution in [1.29, 1.82) is 0 Å². The highest BCUT2D eigenvalue weighted by atomic mass is 32.2. The van der Waals surface area contributed by atoms with Gasteiger partial charge in [-0.15, -0.1) is 0 Å². The molecule has 4 aromatic rings. The number of hydrogen-bond donors (Lipinski definition) is 2. The van der Waals surface area contributed by atoms with Crippen LogP contribution in [0.3, 0.4) is 0 Å². The third-order valence-electron chi connectivity index (χ3n) is 6.76. The van der Waals surface area contributed by atoms with Crippen molar-refractivity contribution in [2.45, 2.75) is 70.4 Å². The van der Waals surface area contributed by atoms with Crippen LogP contribution in [0.25, 0.3) is 22.6 Å². The maximum atomic E-state index is 13.6. The molecule has 13 heteroatoms. The van der Waals surface area contributed by atoms with Gasteiger partial charge in [0, 0.05) is 18.2 Å². The smallest absolute Gasteiger partial charge is 0.295 e. The molecule has 0 radical (unpaired) electrons. The number of aryl methyl sites for hydroxylation is 2. The number of nitrogens with two attached hydrogens (primary N) is 1. The molecule has 1 saturated carbocycles. The summed E-state index contributed by atoms with van der Waals surface area (Å²) in [5, 5.41) is 8.19. The Labute approximate surface area is 219 Å². The minimum absolute atomic E-state index is 0.0864. The van der Waals surface area contributed by atoms with E-state index in [0.29, 0.717) is 40.7 Å². The fraction of sp³-hybridized carbons (Fsp3) is 0.400. The number of nitrogens with one attached hydrogen (secondary N) is 1. The molecule has 0 aromatic carbocycles. The molecule has 5 rings (SSSR count). The number of rotatable bonds is 8. The molecule has 198 valence electrons. The summed E-state index contributed by atoms with van der Waals surface area (Å²) in [6.07, 6.45) is 5.61. The van der Waals surface area contributed by atoms with Crippen LogP contribution in [0.4, 0.5) is 5.82 Å². The van der Waals surface area contributed by atoms with Crippen LogP contribution in [0, 0.1) is 13.8 Å². The van der Waals surface area contributed by atoms with Crippen molar-refractivity contribution in [3.05, 3.63) is 57.8 Å². The summed E-state index contributed by atoms with van der Waals surface area (Å²) in [6.45, 7) is 7.88. The van der Waals surface area contributed by atoms with E-state index in [1.807, 2.05) is 27.7 Å². The van der Waals surface area contributed by atoms with E-state index in [0.717, 1.165) is 29.8 Å². The first-order chi connectivity index (χ1) is 18.1. The number of fused-ring (bicyclic) bond motifs is 1. The lowest BCUT2D eigenvalue weighted by Gasteiger charge is -2.19. The first kappa shape index (κ1) is 25.8. The van der Waals surface area contributed by atoms with E-state index in [4.69, 9.17) is 15.1 Å². The van der Waals surface area contributed by atoms with Crippen LogP contribution in [-0.4, -0.2) is 42.9 Å². The van der Waals surface area contributed by atoms with Gasteiger partial charge in [-0.1, -0.05) is 6.92 Å². The lowest BCUT2D eigenvalue weighted by atomic mass is 10.1. The largest absolute Gasteiger partial charge is 0.360 e. The highest BCUT2D eigenvalue weighted by Gasteiger charge is 2.30. The number of aromatic nitrogens is 7. The monoisotopic (exact) mass is 535 g/mol. The van der Waals surface area contributed by atoms with Crippen LogP contribution < -0.4 is 16.0 Å². The Bertz CT molecular complexity index is 1700. The molecule has 0 saturated heterocycles. The fourth-order valence-corrected chi connectivity index (χ4v) is 4.79. The summed E-state index contributed by atoms with van der Waals surface area (Å²) in [7, 11) is -3.84. The molecule has 3 N–H and O–H groups in total. The molecular weight excluding hydrogens is 506 g/mol. The SMILES string of the molecule is CC[C@@H](C)n1c(=O)c(NCc2ccc(S(N)(=O)=O)cn2)nc2c(C)nc(-c3c(C)ncnc3C3CC3)nc21. The number of primary sulfonamides is 1. The molecule has 0 aliphatic heterocycles. The quantitative estimate of drug-likeness (QED) is 0.342. The summed E-state index contributed by atoms with van der Waals surface area (Å²) in [5.41, 5.74) is 4.36. The Hall–Kier alpha value is -3.84. The maximum Gasteiger partial charge on any atom is 0.295 e. The minimum atomic E-state index is -3.84. The van der Waals surface area contributed by atoms with Crippen molar-refractivity contribution in [2.24, 2.45) is 5.14 Å². The molecule has 1 atom stereocenters. The maximum absolute atomic E-state index is 13.6. The van der Waals surface area contributed by atoms with E-state index in [1.165, 1.54) is 18.3 Å². The molecule has 12 nitrogen and oxygen atoms in total. The molecular formula is C25H29N9O3S. The number of hydrogen-bond acceptors (Lipinski definition) is 10. The molecule has 4 heterocycles. The Balaban J connectivity index is 1.59. The van der Waals surface area contributed by atoms with E-state index in [2.05, 4.69) is 25.3 Å². The van der Waals surface area contributed by atoms with Crippen LogP contribution >= 0.6 is 0 Å². The fourth-order valence-electron chi connectivity index (χ4n) is 4.33. The van der Waals surface area contributed by atoms with E-state index >= 15 is 0 Å². The van der Waals surface area contributed by atoms with Gasteiger partial charge < -0.3 is 5.32 Å². The van der Waals surface area contributed by atoms with Crippen LogP contribution in [0.15, 0.2) is 34.3 Å². The Morgan fingerprint density at radius 1 is 1.11 bits per heavy atom. The third kappa shape index (κ3) is 4.86. The lowest BCUT2D eigenvalue weighted by molar-refractivity contribution is 0.526. The first-order valence-electron chi connectivity index (χ1n) is 12.4. The second-order valence-corrected chi connectivity index (χ2v) is 11.1. The van der Waals surface area contributed by atoms with E-state index in [1.54, 1.807) is 10.9 Å². The van der Waals surface area contributed by atoms with Gasteiger partial charge in [0.15, 0.2) is 17.3 Å². The van der Waals surface area contributed by atoms with Crippen molar-refractivity contribution in [1.82, 2.24) is 34.5 Å². The summed E-state index contributed by atoms with van der Waals surface area (Å²) in [4.78, 5) is 40.8. The molecule has 0 amide bonds. The highest BCUT2D eigenvalue weighted by molar-refractivity contribution is 7.89. The van der Waals surface area contributed by atoms with Crippen molar-refractivity contribution < 1.29 is 8.42 Å². The van der Waals surface area contributed by atoms with Gasteiger partial charge in [-0.25, -0.2) is 38.5 Å². The zero-order chi connectivity index (χ0) is 27.2. The first-order valence-corrected chi connectivity index (χ1v) is 14.0. The van der Waals surface area contributed by atoms with E-state index < -0.39 is 10.0 Å². The van der Waals surface area contributed by atoms with Crippen molar-refractivity contribution >= 4 is 27.0 Å². The number of sulfonamides is 1. The van der Waals surface area contributed by atoms with Gasteiger partial charge >= 0.3 is 0 Å². The summed E-state index contributed by atoms with van der Waals surface area (Å²) >= 11 is 0. The predicted molar refractivity (Wildman–Crippen MR) is 142 cm³/mol. The van der Waals surface area contributed by atoms with Crippen LogP contribution in [0.1, 0.15) is 67.8 Å². The number of nitrogens with zero attached hydrogens (tertiary/aromatic N) is 7. The number of pyridine rings is 1. The molecule has 1 aliphatic rings. The van der Waals surface area contributed by atoms with Crippen LogP contribution in [0.5, 0.6) is 0 Å². The summed E-state index contributed by atoms with van der Waals surface area (Å²) in [6, 6.07) is 2.75. The van der Waals surface area contributed by atoms with Gasteiger partial charge in [0.1, 0.15) is 16.7 Å². The lowest BCUT2D eigenvalue weighted by Crippen LogP contribution is -2.29. The Morgan fingerprint density at radius 2 is 1.87 bits per heavy atom. The molecule has 0 bridgehead atoms. The standard InChI is InChI=1S/C25H29N9O3S/c1-5-13(2)34-24-20(15(4)31-22(33-24)19-14(3)29-12-30-21(19)16-6-7-16)32-23(25(34)35)28-10-17-8-9-18(11-27-17)38(26,36)37/h8-9,11-13,16H,5-7,10H2,1-4H3,(H,28,32)(H2,26,36,37)/t13-/m1/s1. The summed E-state index contributed by atoms with van der Waals surface area (Å²) in [5.74, 6) is 1.00. The minimum Gasteiger partial charge on any atom is -0.360 e. The van der Waals surface area contributed by atoms with Gasteiger partial charge in [0.2, 0.25) is 10.0 Å². The average molecular weight is 536 g/mol. The molecule has 0 unspecified atom stereocenters. The molecule has 4 aromatic heterocycles. The highest BCUT2D eigenvalue weighted by Crippen LogP contribution is 2.43. The second-order valence-electron chi connectivity index (χ2n) is 9.58. The molecule has 38 heavy (non-hydrogen) atoms. The third-order valence-corrected chi connectivity index (χ3v) is 7.66. The summed E-state index contributed by atoms with van der Waals surface area (Å²) < 4.78 is 24.6. The molecule has 1 fully saturated rings. The van der Waals surface area contributed by atoms with Crippen molar-refractivity contribution in [3.8, 4) is 11.4 Å². The van der Waals surface area contributed by atoms with Gasteiger partial charge in [0.25, 0.3) is 5.56 Å². The zero-order valence-corrected chi connectivity index (χ0v) is 22.4.